The van der Waals surface area contributed by atoms with Crippen molar-refractivity contribution in [1.82, 2.24) is 9.80 Å². The first-order valence-corrected chi connectivity index (χ1v) is 7.24. The van der Waals surface area contributed by atoms with Crippen molar-refractivity contribution in [2.24, 2.45) is 5.73 Å². The molecule has 0 spiro atoms. The van der Waals surface area contributed by atoms with E-state index in [1.54, 1.807) is 6.07 Å². The van der Waals surface area contributed by atoms with E-state index < -0.39 is 5.41 Å². The molecule has 2 N–H and O–H groups in total. The summed E-state index contributed by atoms with van der Waals surface area (Å²) in [6.07, 6.45) is 0. The highest BCUT2D eigenvalue weighted by molar-refractivity contribution is 6.12. The van der Waals surface area contributed by atoms with Crippen molar-refractivity contribution in [2.75, 3.05) is 33.2 Å². The van der Waals surface area contributed by atoms with E-state index in [4.69, 9.17) is 5.73 Å². The molecule has 114 valence electrons. The maximum Gasteiger partial charge on any atom is 0.260 e. The standard InChI is InChI=1S/C16H23N3O2/c1-16(2)13-7-5-4-6-12(13)14(20)19(15(16)21)11-10-18(3)9-8-17/h4-7H,8-11,17H2,1-3H3. The molecule has 0 saturated heterocycles. The van der Waals surface area contributed by atoms with Gasteiger partial charge in [0.2, 0.25) is 5.91 Å². The summed E-state index contributed by atoms with van der Waals surface area (Å²) < 4.78 is 0. The minimum absolute atomic E-state index is 0.132. The van der Waals surface area contributed by atoms with E-state index in [-0.39, 0.29) is 11.8 Å². The topological polar surface area (TPSA) is 66.6 Å². The van der Waals surface area contributed by atoms with E-state index >= 15 is 0 Å². The van der Waals surface area contributed by atoms with Crippen LogP contribution >= 0.6 is 0 Å². The zero-order valence-electron chi connectivity index (χ0n) is 12.9. The Labute approximate surface area is 125 Å². The zero-order chi connectivity index (χ0) is 15.6. The SMILES string of the molecule is CN(CCN)CCN1C(=O)c2ccccc2C(C)(C)C1=O. The van der Waals surface area contributed by atoms with Crippen LogP contribution in [-0.2, 0) is 10.2 Å². The van der Waals surface area contributed by atoms with Crippen LogP contribution in [0.1, 0.15) is 29.8 Å². The summed E-state index contributed by atoms with van der Waals surface area (Å²) in [5.41, 5.74) is 6.28. The molecule has 2 amide bonds. The van der Waals surface area contributed by atoms with Gasteiger partial charge in [0, 0.05) is 31.7 Å². The average Bonchev–Trinajstić information content (AvgIpc) is 2.46. The highest BCUT2D eigenvalue weighted by atomic mass is 16.2. The minimum Gasteiger partial charge on any atom is -0.329 e. The molecule has 2 rings (SSSR count). The largest absolute Gasteiger partial charge is 0.329 e. The van der Waals surface area contributed by atoms with Crippen molar-refractivity contribution < 1.29 is 9.59 Å². The molecule has 21 heavy (non-hydrogen) atoms. The lowest BCUT2D eigenvalue weighted by Crippen LogP contribution is -2.53. The molecule has 0 aliphatic carbocycles. The van der Waals surface area contributed by atoms with Crippen LogP contribution in [0.25, 0.3) is 0 Å². The first-order valence-electron chi connectivity index (χ1n) is 7.24. The van der Waals surface area contributed by atoms with Crippen LogP contribution in [-0.4, -0.2) is 54.8 Å². The summed E-state index contributed by atoms with van der Waals surface area (Å²) in [6, 6.07) is 7.36. The van der Waals surface area contributed by atoms with E-state index in [0.29, 0.717) is 25.2 Å². The van der Waals surface area contributed by atoms with Gasteiger partial charge in [-0.05, 0) is 32.5 Å². The number of amides is 2. The Balaban J connectivity index is 2.25. The number of nitrogens with zero attached hydrogens (tertiary/aromatic N) is 2. The average molecular weight is 289 g/mol. The second kappa shape index (κ2) is 5.95. The summed E-state index contributed by atoms with van der Waals surface area (Å²) in [6.45, 7) is 6.08. The lowest BCUT2D eigenvalue weighted by Gasteiger charge is -2.37. The van der Waals surface area contributed by atoms with Crippen LogP contribution in [0.3, 0.4) is 0 Å². The molecule has 5 heteroatoms. The van der Waals surface area contributed by atoms with Crippen molar-refractivity contribution in [3.05, 3.63) is 35.4 Å². The molecule has 1 aromatic rings. The Bertz CT molecular complexity index is 554. The van der Waals surface area contributed by atoms with Gasteiger partial charge in [0.05, 0.1) is 5.41 Å². The molecule has 1 heterocycles. The maximum atomic E-state index is 12.7. The predicted molar refractivity (Wildman–Crippen MR) is 82.1 cm³/mol. The summed E-state index contributed by atoms with van der Waals surface area (Å²) >= 11 is 0. The number of carbonyl (C=O) groups is 2. The van der Waals surface area contributed by atoms with Crippen LogP contribution in [0.5, 0.6) is 0 Å². The Hall–Kier alpha value is -1.72. The molecule has 1 aliphatic rings. The third-order valence-electron chi connectivity index (χ3n) is 4.07. The van der Waals surface area contributed by atoms with Gasteiger partial charge in [0.15, 0.2) is 0 Å². The summed E-state index contributed by atoms with van der Waals surface area (Å²) in [5.74, 6) is -0.330. The van der Waals surface area contributed by atoms with Crippen LogP contribution < -0.4 is 5.73 Å². The Morgan fingerprint density at radius 3 is 2.52 bits per heavy atom. The fourth-order valence-corrected chi connectivity index (χ4v) is 2.71. The minimum atomic E-state index is -0.670. The molecule has 1 aliphatic heterocycles. The van der Waals surface area contributed by atoms with Crippen molar-refractivity contribution in [2.45, 2.75) is 19.3 Å². The molecule has 0 unspecified atom stereocenters. The number of imide groups is 1. The van der Waals surface area contributed by atoms with Crippen LogP contribution in [0.2, 0.25) is 0 Å². The molecule has 0 aromatic heterocycles. The van der Waals surface area contributed by atoms with E-state index in [1.807, 2.05) is 44.0 Å². The molecule has 0 radical (unpaired) electrons. The third-order valence-corrected chi connectivity index (χ3v) is 4.07. The normalized spacial score (nSPS) is 17.3. The van der Waals surface area contributed by atoms with Gasteiger partial charge in [-0.15, -0.1) is 0 Å². The first-order chi connectivity index (χ1) is 9.89. The number of hydrogen-bond donors (Lipinski definition) is 1. The number of likely N-dealkylation sites (N-methyl/N-ethyl adjacent to an activating group) is 1. The molecule has 5 nitrogen and oxygen atoms in total. The van der Waals surface area contributed by atoms with Gasteiger partial charge in [-0.25, -0.2) is 0 Å². The summed E-state index contributed by atoms with van der Waals surface area (Å²) in [7, 11) is 1.94. The molecule has 0 fully saturated rings. The predicted octanol–water partition coefficient (Wildman–Crippen LogP) is 0.837. The first kappa shape index (κ1) is 15.7. The van der Waals surface area contributed by atoms with Crippen LogP contribution in [0.15, 0.2) is 24.3 Å². The number of hydrogen-bond acceptors (Lipinski definition) is 4. The van der Waals surface area contributed by atoms with E-state index in [0.717, 1.165) is 12.1 Å². The van der Waals surface area contributed by atoms with E-state index in [2.05, 4.69) is 0 Å². The highest BCUT2D eigenvalue weighted by Crippen LogP contribution is 2.34. The second-order valence-electron chi connectivity index (χ2n) is 6.02. The lowest BCUT2D eigenvalue weighted by molar-refractivity contribution is -0.134. The van der Waals surface area contributed by atoms with Gasteiger partial charge in [0.25, 0.3) is 5.91 Å². The number of rotatable bonds is 5. The van der Waals surface area contributed by atoms with Crippen molar-refractivity contribution in [3.8, 4) is 0 Å². The highest BCUT2D eigenvalue weighted by Gasteiger charge is 2.43. The quantitative estimate of drug-likeness (QED) is 0.816. The van der Waals surface area contributed by atoms with Gasteiger partial charge in [0.1, 0.15) is 0 Å². The monoisotopic (exact) mass is 289 g/mol. The third kappa shape index (κ3) is 2.84. The fourth-order valence-electron chi connectivity index (χ4n) is 2.71. The molecule has 1 aromatic carbocycles. The van der Waals surface area contributed by atoms with Gasteiger partial charge < -0.3 is 10.6 Å². The van der Waals surface area contributed by atoms with E-state index in [1.165, 1.54) is 4.90 Å². The van der Waals surface area contributed by atoms with Gasteiger partial charge in [-0.1, -0.05) is 18.2 Å². The number of benzene rings is 1. The smallest absolute Gasteiger partial charge is 0.260 e. The second-order valence-corrected chi connectivity index (χ2v) is 6.02. The Morgan fingerprint density at radius 1 is 1.19 bits per heavy atom. The van der Waals surface area contributed by atoms with Crippen molar-refractivity contribution >= 4 is 11.8 Å². The summed E-state index contributed by atoms with van der Waals surface area (Å²) in [4.78, 5) is 28.6. The summed E-state index contributed by atoms with van der Waals surface area (Å²) in [5, 5.41) is 0. The number of carbonyl (C=O) groups excluding carboxylic acids is 2. The van der Waals surface area contributed by atoms with Crippen molar-refractivity contribution in [1.29, 1.82) is 0 Å². The van der Waals surface area contributed by atoms with E-state index in [9.17, 15) is 9.59 Å². The molecule has 0 saturated carbocycles. The molecular formula is C16H23N3O2. The Kier molecular flexibility index (Phi) is 4.44. The fraction of sp³-hybridized carbons (Fsp3) is 0.500. The van der Waals surface area contributed by atoms with Crippen LogP contribution in [0.4, 0.5) is 0 Å². The zero-order valence-corrected chi connectivity index (χ0v) is 12.9. The molecule has 0 atom stereocenters. The van der Waals surface area contributed by atoms with Crippen LogP contribution in [0, 0.1) is 0 Å². The maximum absolute atomic E-state index is 12.7. The lowest BCUT2D eigenvalue weighted by atomic mass is 9.77. The molecule has 0 bridgehead atoms. The number of nitrogens with two attached hydrogens (primary N) is 1. The van der Waals surface area contributed by atoms with Gasteiger partial charge >= 0.3 is 0 Å². The van der Waals surface area contributed by atoms with Gasteiger partial charge in [-0.3, -0.25) is 14.5 Å². The van der Waals surface area contributed by atoms with Crippen molar-refractivity contribution in [3.63, 3.8) is 0 Å². The Morgan fingerprint density at radius 2 is 1.86 bits per heavy atom. The number of fused-ring (bicyclic) bond motifs is 1. The van der Waals surface area contributed by atoms with Gasteiger partial charge in [-0.2, -0.15) is 0 Å². The molecular weight excluding hydrogens is 266 g/mol.